The number of aromatic nitrogens is 1. The number of amides is 2. The zero-order valence-corrected chi connectivity index (χ0v) is 18.5. The van der Waals surface area contributed by atoms with Gasteiger partial charge in [0.05, 0.1) is 22.5 Å². The molecule has 2 fully saturated rings. The van der Waals surface area contributed by atoms with Crippen molar-refractivity contribution in [3.8, 4) is 0 Å². The number of nitrogens with zero attached hydrogens (tertiary/aromatic N) is 2. The molecule has 7 nitrogen and oxygen atoms in total. The topological polar surface area (TPSA) is 88.6 Å². The number of esters is 1. The lowest BCUT2D eigenvalue weighted by molar-refractivity contribution is -0.118. The minimum Gasteiger partial charge on any atom is -0.460 e. The van der Waals surface area contributed by atoms with Crippen molar-refractivity contribution in [2.24, 2.45) is 0 Å². The number of imide groups is 1. The maximum Gasteiger partial charge on any atom is 0.338 e. The molecule has 2 aromatic rings. The second-order valence-electron chi connectivity index (χ2n) is 7.51. The van der Waals surface area contributed by atoms with E-state index >= 15 is 0 Å². The highest BCUT2D eigenvalue weighted by Gasteiger charge is 2.31. The number of thioether (sulfide) groups is 1. The predicted molar refractivity (Wildman–Crippen MR) is 117 cm³/mol. The summed E-state index contributed by atoms with van der Waals surface area (Å²) in [5.41, 5.74) is 2.42. The molecule has 0 radical (unpaired) electrons. The van der Waals surface area contributed by atoms with E-state index in [2.05, 4.69) is 22.1 Å². The van der Waals surface area contributed by atoms with Gasteiger partial charge in [0, 0.05) is 11.4 Å². The molecule has 1 N–H and O–H groups in total. The molecule has 2 saturated heterocycles. The van der Waals surface area contributed by atoms with Crippen LogP contribution in [0.25, 0.3) is 0 Å². The number of nitrogens with one attached hydrogen (secondary N) is 1. The van der Waals surface area contributed by atoms with Gasteiger partial charge in [-0.1, -0.05) is 23.9 Å². The van der Waals surface area contributed by atoms with Crippen molar-refractivity contribution in [2.45, 2.75) is 44.4 Å². The lowest BCUT2D eigenvalue weighted by Crippen LogP contribution is -2.33. The van der Waals surface area contributed by atoms with E-state index < -0.39 is 5.25 Å². The third kappa shape index (κ3) is 4.52. The van der Waals surface area contributed by atoms with Gasteiger partial charge in [-0.3, -0.25) is 14.9 Å². The summed E-state index contributed by atoms with van der Waals surface area (Å²) in [6.45, 7) is 5.35. The summed E-state index contributed by atoms with van der Waals surface area (Å²) in [5.74, 6) is -0.622. The van der Waals surface area contributed by atoms with Gasteiger partial charge >= 0.3 is 5.97 Å². The Hall–Kier alpha value is -2.39. The predicted octanol–water partition coefficient (Wildman–Crippen LogP) is 3.48. The largest absolute Gasteiger partial charge is 0.460 e. The molecule has 2 aliphatic rings. The van der Waals surface area contributed by atoms with Crippen LogP contribution in [0.1, 0.15) is 39.3 Å². The monoisotopic (exact) mass is 445 g/mol. The summed E-state index contributed by atoms with van der Waals surface area (Å²) in [7, 11) is 0. The minimum atomic E-state index is -0.415. The summed E-state index contributed by atoms with van der Waals surface area (Å²) in [4.78, 5) is 43.5. The molecule has 1 aromatic heterocycles. The molecular weight excluding hydrogens is 422 g/mol. The zero-order chi connectivity index (χ0) is 21.3. The molecule has 0 bridgehead atoms. The number of aryl methyl sites for hydroxylation is 2. The van der Waals surface area contributed by atoms with E-state index in [9.17, 15) is 14.4 Å². The van der Waals surface area contributed by atoms with Crippen LogP contribution in [-0.4, -0.2) is 46.5 Å². The molecule has 2 atom stereocenters. The molecule has 2 aliphatic heterocycles. The number of ether oxygens (including phenoxy) is 1. The SMILES string of the molecule is Cc1nc(N2CCC[C@H]2COC(=O)c2ccc(CC3SC(=O)NC3=O)cc2)sc1C. The van der Waals surface area contributed by atoms with Crippen molar-refractivity contribution in [3.05, 3.63) is 46.0 Å². The number of hydrogen-bond donors (Lipinski definition) is 1. The highest BCUT2D eigenvalue weighted by atomic mass is 32.2. The Kier molecular flexibility index (Phi) is 6.10. The lowest BCUT2D eigenvalue weighted by atomic mass is 10.1. The summed E-state index contributed by atoms with van der Waals surface area (Å²) >= 11 is 2.69. The Labute approximate surface area is 183 Å². The number of hydrogen-bond acceptors (Lipinski definition) is 8. The highest BCUT2D eigenvalue weighted by molar-refractivity contribution is 8.15. The first-order valence-electron chi connectivity index (χ1n) is 9.89. The van der Waals surface area contributed by atoms with Gasteiger partial charge in [-0.25, -0.2) is 9.78 Å². The third-order valence-corrected chi connectivity index (χ3v) is 7.52. The van der Waals surface area contributed by atoms with Crippen molar-refractivity contribution >= 4 is 45.3 Å². The van der Waals surface area contributed by atoms with E-state index in [-0.39, 0.29) is 23.2 Å². The molecule has 158 valence electrons. The first-order chi connectivity index (χ1) is 14.4. The average molecular weight is 446 g/mol. The maximum absolute atomic E-state index is 12.5. The van der Waals surface area contributed by atoms with Crippen LogP contribution in [0.15, 0.2) is 24.3 Å². The average Bonchev–Trinajstić information content (AvgIpc) is 3.40. The molecule has 30 heavy (non-hydrogen) atoms. The summed E-state index contributed by atoms with van der Waals surface area (Å²) in [6, 6.07) is 7.16. The number of benzene rings is 1. The van der Waals surface area contributed by atoms with Gasteiger partial charge in [-0.15, -0.1) is 11.3 Å². The molecule has 2 amide bonds. The van der Waals surface area contributed by atoms with Crippen molar-refractivity contribution in [2.75, 3.05) is 18.1 Å². The number of carbonyl (C=O) groups is 3. The van der Waals surface area contributed by atoms with Crippen LogP contribution in [0.2, 0.25) is 0 Å². The van der Waals surface area contributed by atoms with Gasteiger partial charge in [0.25, 0.3) is 5.24 Å². The van der Waals surface area contributed by atoms with Crippen LogP contribution >= 0.6 is 23.1 Å². The van der Waals surface area contributed by atoms with Crippen molar-refractivity contribution in [1.82, 2.24) is 10.3 Å². The molecule has 3 heterocycles. The highest BCUT2D eigenvalue weighted by Crippen LogP contribution is 2.31. The van der Waals surface area contributed by atoms with E-state index in [4.69, 9.17) is 4.74 Å². The Morgan fingerprint density at radius 2 is 2.03 bits per heavy atom. The van der Waals surface area contributed by atoms with Crippen molar-refractivity contribution in [3.63, 3.8) is 0 Å². The summed E-state index contributed by atoms with van der Waals surface area (Å²) < 4.78 is 5.59. The zero-order valence-electron chi connectivity index (χ0n) is 16.8. The van der Waals surface area contributed by atoms with Crippen LogP contribution in [0.5, 0.6) is 0 Å². The standard InChI is InChI=1S/C21H23N3O4S2/c1-12-13(2)29-20(22-12)24-9-3-4-16(24)11-28-19(26)15-7-5-14(6-8-15)10-17-18(25)23-21(27)30-17/h5-8,16-17H,3-4,9-11H2,1-2H3,(H,23,25,27)/t16-,17?/m0/s1. The van der Waals surface area contributed by atoms with Crippen molar-refractivity contribution in [1.29, 1.82) is 0 Å². The quantitative estimate of drug-likeness (QED) is 0.681. The molecule has 1 unspecified atom stereocenters. The fourth-order valence-electron chi connectivity index (χ4n) is 3.61. The number of rotatable bonds is 6. The van der Waals surface area contributed by atoms with Gasteiger partial charge in [0.2, 0.25) is 5.91 Å². The molecule has 4 rings (SSSR count). The fraction of sp³-hybridized carbons (Fsp3) is 0.429. The Morgan fingerprint density at radius 3 is 2.67 bits per heavy atom. The fourth-order valence-corrected chi connectivity index (χ4v) is 5.48. The van der Waals surface area contributed by atoms with Gasteiger partial charge in [-0.2, -0.15) is 0 Å². The van der Waals surface area contributed by atoms with Gasteiger partial charge in [-0.05, 0) is 50.8 Å². The van der Waals surface area contributed by atoms with E-state index in [1.165, 1.54) is 4.88 Å². The Bertz CT molecular complexity index is 954. The Balaban J connectivity index is 1.32. The van der Waals surface area contributed by atoms with E-state index in [1.54, 1.807) is 35.6 Å². The van der Waals surface area contributed by atoms with Crippen LogP contribution < -0.4 is 10.2 Å². The van der Waals surface area contributed by atoms with Crippen LogP contribution in [-0.2, 0) is 16.0 Å². The Morgan fingerprint density at radius 1 is 1.27 bits per heavy atom. The number of carbonyl (C=O) groups excluding carboxylic acids is 3. The summed E-state index contributed by atoms with van der Waals surface area (Å²) in [6.07, 6.45) is 2.48. The second-order valence-corrected chi connectivity index (χ2v) is 9.87. The normalized spacial score (nSPS) is 21.2. The van der Waals surface area contributed by atoms with E-state index in [0.717, 1.165) is 47.5 Å². The van der Waals surface area contributed by atoms with Gasteiger partial charge in [0.1, 0.15) is 6.61 Å². The van der Waals surface area contributed by atoms with Gasteiger partial charge in [0.15, 0.2) is 5.13 Å². The van der Waals surface area contributed by atoms with Crippen molar-refractivity contribution < 1.29 is 19.1 Å². The smallest absolute Gasteiger partial charge is 0.338 e. The molecule has 0 saturated carbocycles. The molecule has 9 heteroatoms. The summed E-state index contributed by atoms with van der Waals surface area (Å²) in [5, 5.41) is 2.56. The minimum absolute atomic E-state index is 0.147. The molecule has 0 aliphatic carbocycles. The lowest BCUT2D eigenvalue weighted by Gasteiger charge is -2.23. The van der Waals surface area contributed by atoms with Gasteiger partial charge < -0.3 is 9.64 Å². The number of anilines is 1. The van der Waals surface area contributed by atoms with E-state index in [0.29, 0.717) is 18.6 Å². The maximum atomic E-state index is 12.5. The third-order valence-electron chi connectivity index (χ3n) is 5.42. The van der Waals surface area contributed by atoms with E-state index in [1.807, 2.05) is 6.92 Å². The first kappa shape index (κ1) is 20.9. The van der Waals surface area contributed by atoms with Crippen LogP contribution in [0.4, 0.5) is 9.93 Å². The first-order valence-corrected chi connectivity index (χ1v) is 11.6. The van der Waals surface area contributed by atoms with Crippen LogP contribution in [0, 0.1) is 13.8 Å². The number of thiazole rings is 1. The molecular formula is C21H23N3O4S2. The molecule has 1 aromatic carbocycles. The van der Waals surface area contributed by atoms with Crippen LogP contribution in [0.3, 0.4) is 0 Å². The second kappa shape index (κ2) is 8.77. The molecule has 0 spiro atoms.